The van der Waals surface area contributed by atoms with Crippen LogP contribution in [0.25, 0.3) is 5.69 Å². The van der Waals surface area contributed by atoms with Crippen molar-refractivity contribution in [1.82, 2.24) is 14.7 Å². The summed E-state index contributed by atoms with van der Waals surface area (Å²) in [6.45, 7) is 1.80. The molecule has 0 fully saturated rings. The second kappa shape index (κ2) is 7.24. The Morgan fingerprint density at radius 1 is 1.25 bits per heavy atom. The highest BCUT2D eigenvalue weighted by molar-refractivity contribution is 6.35. The quantitative estimate of drug-likeness (QED) is 0.696. The number of carbonyl (C=O) groups excluding carboxylic acids is 1. The summed E-state index contributed by atoms with van der Waals surface area (Å²) in [5, 5.41) is 16.1. The molecule has 4 rings (SSSR count). The number of fused-ring (bicyclic) bond motifs is 1. The molecule has 1 amide bonds. The summed E-state index contributed by atoms with van der Waals surface area (Å²) >= 11 is 12.4. The van der Waals surface area contributed by atoms with Crippen LogP contribution < -0.4 is 0 Å². The maximum atomic E-state index is 13.2. The second-order valence-electron chi connectivity index (χ2n) is 7.00. The fraction of sp³-hybridized carbons (Fsp3) is 0.238. The fourth-order valence-electron chi connectivity index (χ4n) is 3.80. The summed E-state index contributed by atoms with van der Waals surface area (Å²) < 4.78 is 1.68. The number of amides is 1. The van der Waals surface area contributed by atoms with Crippen molar-refractivity contribution in [2.45, 2.75) is 25.5 Å². The van der Waals surface area contributed by atoms with Crippen molar-refractivity contribution in [2.24, 2.45) is 0 Å². The summed E-state index contributed by atoms with van der Waals surface area (Å²) in [5.41, 5.74) is 3.60. The molecule has 5 nitrogen and oxygen atoms in total. The van der Waals surface area contributed by atoms with Crippen LogP contribution in [0.3, 0.4) is 0 Å². The zero-order valence-corrected chi connectivity index (χ0v) is 16.9. The molecule has 1 aliphatic rings. The first-order valence-corrected chi connectivity index (χ1v) is 9.67. The molecule has 1 heterocycles. The zero-order valence-electron chi connectivity index (χ0n) is 15.4. The van der Waals surface area contributed by atoms with E-state index in [4.69, 9.17) is 23.2 Å². The molecule has 28 heavy (non-hydrogen) atoms. The van der Waals surface area contributed by atoms with Gasteiger partial charge in [0.05, 0.1) is 29.1 Å². The minimum absolute atomic E-state index is 0.215. The Morgan fingerprint density at radius 3 is 2.68 bits per heavy atom. The van der Waals surface area contributed by atoms with E-state index in [0.29, 0.717) is 27.7 Å². The number of nitrogens with zero attached hydrogens (tertiary/aromatic N) is 3. The van der Waals surface area contributed by atoms with E-state index < -0.39 is 12.1 Å². The Hall–Kier alpha value is -2.34. The Balaban J connectivity index is 1.68. The minimum atomic E-state index is -0.746. The normalized spacial score (nSPS) is 18.2. The number of benzene rings is 2. The monoisotopic (exact) mass is 415 g/mol. The van der Waals surface area contributed by atoms with Crippen LogP contribution in [0.4, 0.5) is 0 Å². The van der Waals surface area contributed by atoms with Crippen LogP contribution >= 0.6 is 23.2 Å². The Labute approximate surface area is 173 Å². The van der Waals surface area contributed by atoms with Crippen molar-refractivity contribution >= 4 is 29.1 Å². The molecule has 1 aromatic heterocycles. The van der Waals surface area contributed by atoms with Crippen LogP contribution in [0.15, 0.2) is 48.7 Å². The Kier molecular flexibility index (Phi) is 4.91. The number of halogens is 2. The first-order chi connectivity index (χ1) is 13.4. The van der Waals surface area contributed by atoms with Gasteiger partial charge >= 0.3 is 0 Å². The number of aryl methyl sites for hydroxylation is 1. The van der Waals surface area contributed by atoms with E-state index in [2.05, 4.69) is 5.10 Å². The van der Waals surface area contributed by atoms with Gasteiger partial charge in [-0.3, -0.25) is 4.79 Å². The lowest BCUT2D eigenvalue weighted by Gasteiger charge is -2.28. The first kappa shape index (κ1) is 19.0. The molecule has 144 valence electrons. The van der Waals surface area contributed by atoms with Crippen molar-refractivity contribution in [2.75, 3.05) is 7.05 Å². The molecule has 1 aliphatic carbocycles. The summed E-state index contributed by atoms with van der Waals surface area (Å²) in [4.78, 5) is 14.8. The molecule has 0 saturated carbocycles. The summed E-state index contributed by atoms with van der Waals surface area (Å²) in [6.07, 6.45) is 1.36. The molecular formula is C21H19Cl2N3O2. The van der Waals surface area contributed by atoms with Gasteiger partial charge in [-0.25, -0.2) is 4.68 Å². The van der Waals surface area contributed by atoms with E-state index in [-0.39, 0.29) is 5.91 Å². The Bertz CT molecular complexity index is 1050. The van der Waals surface area contributed by atoms with Gasteiger partial charge in [0.2, 0.25) is 0 Å². The average molecular weight is 416 g/mol. The highest BCUT2D eigenvalue weighted by atomic mass is 35.5. The zero-order chi connectivity index (χ0) is 20.0. The van der Waals surface area contributed by atoms with E-state index in [9.17, 15) is 9.90 Å². The van der Waals surface area contributed by atoms with E-state index >= 15 is 0 Å². The van der Waals surface area contributed by atoms with Crippen molar-refractivity contribution in [3.8, 4) is 5.69 Å². The number of carbonyl (C=O) groups is 1. The van der Waals surface area contributed by atoms with Crippen molar-refractivity contribution in [1.29, 1.82) is 0 Å². The molecule has 3 aromatic rings. The van der Waals surface area contributed by atoms with Gasteiger partial charge < -0.3 is 10.0 Å². The molecule has 2 atom stereocenters. The molecule has 1 N–H and O–H groups in total. The van der Waals surface area contributed by atoms with Gasteiger partial charge in [0, 0.05) is 29.7 Å². The standard InChI is InChI=1S/C21H19Cl2N3O2/c1-12-17(11-26(24-12)14-6-4-3-5-7-14)21(28)25(2)20-16-8-13(22)9-18(23)15(16)10-19(20)27/h3-9,11,19-20,27H,10H2,1-2H3/t19-,20-/m1/s1. The predicted octanol–water partition coefficient (Wildman–Crippen LogP) is 4.22. The van der Waals surface area contributed by atoms with Crippen LogP contribution in [0.1, 0.15) is 33.2 Å². The third-order valence-corrected chi connectivity index (χ3v) is 5.73. The van der Waals surface area contributed by atoms with Gasteiger partial charge in [-0.1, -0.05) is 41.4 Å². The highest BCUT2D eigenvalue weighted by Crippen LogP contribution is 2.41. The third-order valence-electron chi connectivity index (χ3n) is 5.18. The van der Waals surface area contributed by atoms with Crippen molar-refractivity contribution in [3.05, 3.63) is 81.1 Å². The molecule has 0 aliphatic heterocycles. The molecule has 2 aromatic carbocycles. The molecule has 0 saturated heterocycles. The molecule has 0 unspecified atom stereocenters. The maximum Gasteiger partial charge on any atom is 0.257 e. The number of hydrogen-bond donors (Lipinski definition) is 1. The molecule has 0 spiro atoms. The number of rotatable bonds is 3. The lowest BCUT2D eigenvalue weighted by atomic mass is 10.1. The smallest absolute Gasteiger partial charge is 0.257 e. The minimum Gasteiger partial charge on any atom is -0.390 e. The molecule has 0 bridgehead atoms. The SMILES string of the molecule is Cc1nn(-c2ccccc2)cc1C(=O)N(C)[C@@H]1c2cc(Cl)cc(Cl)c2C[C@H]1O. The third kappa shape index (κ3) is 3.20. The van der Waals surface area contributed by atoms with E-state index in [1.807, 2.05) is 30.3 Å². The average Bonchev–Trinajstić information content (AvgIpc) is 3.21. The molecule has 0 radical (unpaired) electrons. The van der Waals surface area contributed by atoms with Crippen LogP contribution in [-0.2, 0) is 6.42 Å². The van der Waals surface area contributed by atoms with E-state index in [1.165, 1.54) is 0 Å². The molecular weight excluding hydrogens is 397 g/mol. The van der Waals surface area contributed by atoms with Gasteiger partial charge in [-0.05, 0) is 42.3 Å². The molecule has 7 heteroatoms. The lowest BCUT2D eigenvalue weighted by Crippen LogP contribution is -2.36. The van der Waals surface area contributed by atoms with Crippen LogP contribution in [0, 0.1) is 6.92 Å². The number of aromatic nitrogens is 2. The lowest BCUT2D eigenvalue weighted by molar-refractivity contribution is 0.0497. The fourth-order valence-corrected chi connectivity index (χ4v) is 4.38. The van der Waals surface area contributed by atoms with E-state index in [0.717, 1.165) is 16.8 Å². The number of aliphatic hydroxyl groups is 1. The van der Waals surface area contributed by atoms with Gasteiger partial charge in [0.25, 0.3) is 5.91 Å². The Morgan fingerprint density at radius 2 is 1.96 bits per heavy atom. The number of para-hydroxylation sites is 1. The van der Waals surface area contributed by atoms with E-state index in [1.54, 1.807) is 41.9 Å². The topological polar surface area (TPSA) is 58.4 Å². The summed E-state index contributed by atoms with van der Waals surface area (Å²) in [5.74, 6) is -0.215. The van der Waals surface area contributed by atoms with Crippen LogP contribution in [-0.4, -0.2) is 38.8 Å². The predicted molar refractivity (Wildman–Crippen MR) is 109 cm³/mol. The number of hydrogen-bond acceptors (Lipinski definition) is 3. The first-order valence-electron chi connectivity index (χ1n) is 8.91. The number of aliphatic hydroxyl groups excluding tert-OH is 1. The second-order valence-corrected chi connectivity index (χ2v) is 7.84. The van der Waals surface area contributed by atoms with Gasteiger partial charge in [-0.15, -0.1) is 0 Å². The van der Waals surface area contributed by atoms with Crippen molar-refractivity contribution < 1.29 is 9.90 Å². The largest absolute Gasteiger partial charge is 0.390 e. The van der Waals surface area contributed by atoms with Crippen LogP contribution in [0.2, 0.25) is 10.0 Å². The van der Waals surface area contributed by atoms with Gasteiger partial charge in [0.15, 0.2) is 0 Å². The number of likely N-dealkylation sites (N-methyl/N-ethyl adjacent to an activating group) is 1. The summed E-state index contributed by atoms with van der Waals surface area (Å²) in [7, 11) is 1.68. The van der Waals surface area contributed by atoms with Gasteiger partial charge in [-0.2, -0.15) is 5.10 Å². The summed E-state index contributed by atoms with van der Waals surface area (Å²) in [6, 6.07) is 12.5. The highest BCUT2D eigenvalue weighted by Gasteiger charge is 2.38. The maximum absolute atomic E-state index is 13.2. The van der Waals surface area contributed by atoms with Crippen molar-refractivity contribution in [3.63, 3.8) is 0 Å². The van der Waals surface area contributed by atoms with Crippen LogP contribution in [0.5, 0.6) is 0 Å². The van der Waals surface area contributed by atoms with Gasteiger partial charge in [0.1, 0.15) is 0 Å².